The number of anilines is 1. The maximum Gasteiger partial charge on any atom is 0.343 e. The number of hydrogen-bond acceptors (Lipinski definition) is 10. The number of imide groups is 1. The Labute approximate surface area is 166 Å². The van der Waals surface area contributed by atoms with Crippen LogP contribution in [0.3, 0.4) is 0 Å². The molecule has 12 heteroatoms. The normalized spacial score (nSPS) is 10.3. The molecule has 28 heavy (non-hydrogen) atoms. The number of carbonyl (C=O) groups excluding carboxylic acids is 4. The Balaban J connectivity index is 2.38. The van der Waals surface area contributed by atoms with E-state index < -0.39 is 30.5 Å². The molecule has 0 unspecified atom stereocenters. The molecule has 0 aromatic carbocycles. The molecule has 0 saturated heterocycles. The van der Waals surface area contributed by atoms with Gasteiger partial charge in [0.1, 0.15) is 11.4 Å². The molecular formula is C16H23N5O6S. The summed E-state index contributed by atoms with van der Waals surface area (Å²) in [5.41, 5.74) is 5.70. The summed E-state index contributed by atoms with van der Waals surface area (Å²) in [5.74, 6) is -2.13. The first kappa shape index (κ1) is 23.1. The van der Waals surface area contributed by atoms with E-state index in [0.29, 0.717) is 6.54 Å². The molecule has 11 nitrogen and oxygen atoms in total. The summed E-state index contributed by atoms with van der Waals surface area (Å²) in [7, 11) is 0. The molecule has 154 valence electrons. The summed E-state index contributed by atoms with van der Waals surface area (Å²) < 4.78 is 9.57. The summed E-state index contributed by atoms with van der Waals surface area (Å²) in [6, 6.07) is -0.658. The predicted molar refractivity (Wildman–Crippen MR) is 100 cm³/mol. The number of esters is 2. The van der Waals surface area contributed by atoms with E-state index in [9.17, 15) is 19.2 Å². The smallest absolute Gasteiger partial charge is 0.343 e. The van der Waals surface area contributed by atoms with Gasteiger partial charge < -0.3 is 20.5 Å². The van der Waals surface area contributed by atoms with Crippen LogP contribution in [-0.2, 0) is 19.1 Å². The van der Waals surface area contributed by atoms with Crippen molar-refractivity contribution in [2.24, 2.45) is 5.92 Å². The van der Waals surface area contributed by atoms with Crippen molar-refractivity contribution in [3.63, 3.8) is 0 Å². The van der Waals surface area contributed by atoms with Crippen molar-refractivity contribution >= 4 is 41.5 Å². The lowest BCUT2D eigenvalue weighted by atomic mass is 10.2. The number of nitrogens with one attached hydrogen (secondary N) is 2. The quantitative estimate of drug-likeness (QED) is 0.292. The van der Waals surface area contributed by atoms with Gasteiger partial charge in [-0.1, -0.05) is 25.6 Å². The van der Waals surface area contributed by atoms with Crippen LogP contribution in [0, 0.1) is 5.92 Å². The molecule has 1 heterocycles. The van der Waals surface area contributed by atoms with Gasteiger partial charge in [0.2, 0.25) is 0 Å². The molecule has 3 amide bonds. The molecular weight excluding hydrogens is 390 g/mol. The Hall–Kier alpha value is -2.89. The largest absolute Gasteiger partial charge is 0.462 e. The lowest BCUT2D eigenvalue weighted by Crippen LogP contribution is -2.42. The summed E-state index contributed by atoms with van der Waals surface area (Å²) in [6.07, 6.45) is 1.21. The zero-order valence-corrected chi connectivity index (χ0v) is 16.6. The van der Waals surface area contributed by atoms with E-state index in [2.05, 4.69) is 15.3 Å². The maximum atomic E-state index is 11.7. The monoisotopic (exact) mass is 413 g/mol. The minimum Gasteiger partial charge on any atom is -0.462 e. The van der Waals surface area contributed by atoms with E-state index in [4.69, 9.17) is 15.2 Å². The van der Waals surface area contributed by atoms with Crippen LogP contribution in [0.25, 0.3) is 0 Å². The highest BCUT2D eigenvalue weighted by molar-refractivity contribution is 7.99. The molecule has 0 aliphatic carbocycles. The number of carbonyl (C=O) groups is 4. The van der Waals surface area contributed by atoms with Crippen molar-refractivity contribution in [3.05, 3.63) is 11.8 Å². The van der Waals surface area contributed by atoms with Gasteiger partial charge in [-0.2, -0.15) is 0 Å². The van der Waals surface area contributed by atoms with Gasteiger partial charge in [0, 0.05) is 12.7 Å². The summed E-state index contributed by atoms with van der Waals surface area (Å²) >= 11 is 0.913. The predicted octanol–water partition coefficient (Wildman–Crippen LogP) is 0.353. The Bertz CT molecular complexity index is 727. The Kier molecular flexibility index (Phi) is 9.71. The fourth-order valence-corrected chi connectivity index (χ4v) is 2.25. The summed E-state index contributed by atoms with van der Waals surface area (Å²) in [4.78, 5) is 54.1. The van der Waals surface area contributed by atoms with Crippen LogP contribution in [0.2, 0.25) is 0 Å². The zero-order chi connectivity index (χ0) is 21.1. The molecule has 0 radical (unpaired) electrons. The van der Waals surface area contributed by atoms with E-state index >= 15 is 0 Å². The third-order valence-corrected chi connectivity index (χ3v) is 3.73. The van der Waals surface area contributed by atoms with E-state index in [1.807, 2.05) is 19.2 Å². The van der Waals surface area contributed by atoms with E-state index in [-0.39, 0.29) is 34.8 Å². The number of amides is 3. The second kappa shape index (κ2) is 11.7. The third kappa shape index (κ3) is 8.66. The topological polar surface area (TPSA) is 163 Å². The van der Waals surface area contributed by atoms with Crippen molar-refractivity contribution in [1.82, 2.24) is 20.6 Å². The second-order valence-corrected chi connectivity index (χ2v) is 6.72. The molecule has 0 atom stereocenters. The highest BCUT2D eigenvalue weighted by Crippen LogP contribution is 2.17. The average molecular weight is 413 g/mol. The van der Waals surface area contributed by atoms with Crippen molar-refractivity contribution in [1.29, 1.82) is 0 Å². The number of urea groups is 1. The highest BCUT2D eigenvalue weighted by Gasteiger charge is 2.15. The maximum absolute atomic E-state index is 11.7. The van der Waals surface area contributed by atoms with Gasteiger partial charge in [-0.05, 0) is 12.8 Å². The fraction of sp³-hybridized carbons (Fsp3) is 0.500. The number of hydrogen-bond donors (Lipinski definition) is 3. The van der Waals surface area contributed by atoms with Gasteiger partial charge in [-0.15, -0.1) is 0 Å². The minimum absolute atomic E-state index is 0.0289. The van der Waals surface area contributed by atoms with Gasteiger partial charge >= 0.3 is 18.0 Å². The SMILES string of the molecule is CCOC(=O)c1cnc(SCC(=O)OCC(=O)NC(=O)NCC(C)C)nc1N. The van der Waals surface area contributed by atoms with Crippen molar-refractivity contribution < 1.29 is 28.7 Å². The van der Waals surface area contributed by atoms with Crippen LogP contribution in [0.15, 0.2) is 11.4 Å². The minimum atomic E-state index is -0.751. The highest BCUT2D eigenvalue weighted by atomic mass is 32.2. The number of thioether (sulfide) groups is 1. The summed E-state index contributed by atoms with van der Waals surface area (Å²) in [5, 5.41) is 4.69. The molecule has 0 aliphatic heterocycles. The van der Waals surface area contributed by atoms with Gasteiger partial charge in [0.05, 0.1) is 12.4 Å². The third-order valence-electron chi connectivity index (χ3n) is 2.90. The summed E-state index contributed by atoms with van der Waals surface area (Å²) in [6.45, 7) is 5.47. The molecule has 0 bridgehead atoms. The number of nitrogen functional groups attached to an aromatic ring is 1. The molecule has 0 aliphatic rings. The molecule has 4 N–H and O–H groups in total. The van der Waals surface area contributed by atoms with Gasteiger partial charge in [-0.25, -0.2) is 19.6 Å². The number of aromatic nitrogens is 2. The lowest BCUT2D eigenvalue weighted by molar-refractivity contribution is -0.145. The zero-order valence-electron chi connectivity index (χ0n) is 15.8. The van der Waals surface area contributed by atoms with Gasteiger partial charge in [0.15, 0.2) is 11.8 Å². The number of ether oxygens (including phenoxy) is 2. The van der Waals surface area contributed by atoms with Crippen LogP contribution in [0.5, 0.6) is 0 Å². The van der Waals surface area contributed by atoms with Crippen molar-refractivity contribution in [3.8, 4) is 0 Å². The molecule has 1 aromatic rings. The molecule has 1 aromatic heterocycles. The van der Waals surface area contributed by atoms with E-state index in [0.717, 1.165) is 11.8 Å². The van der Waals surface area contributed by atoms with Crippen LogP contribution in [0.4, 0.5) is 10.6 Å². The Morgan fingerprint density at radius 3 is 2.57 bits per heavy atom. The van der Waals surface area contributed by atoms with Crippen molar-refractivity contribution in [2.45, 2.75) is 25.9 Å². The Morgan fingerprint density at radius 2 is 1.96 bits per heavy atom. The lowest BCUT2D eigenvalue weighted by Gasteiger charge is -2.09. The molecule has 0 saturated carbocycles. The van der Waals surface area contributed by atoms with Crippen LogP contribution in [-0.4, -0.2) is 59.4 Å². The van der Waals surface area contributed by atoms with Crippen molar-refractivity contribution in [2.75, 3.05) is 31.2 Å². The first-order chi connectivity index (χ1) is 13.2. The van der Waals surface area contributed by atoms with Crippen LogP contribution in [0.1, 0.15) is 31.1 Å². The van der Waals surface area contributed by atoms with E-state index in [1.54, 1.807) is 6.92 Å². The standard InChI is InChI=1S/C16H23N5O6S/c1-4-26-14(24)10-6-19-16(21-13(10)17)28-8-12(23)27-7-11(22)20-15(25)18-5-9(2)3/h6,9H,4-5,7-8H2,1-3H3,(H2,17,19,21)(H2,18,20,22,25). The molecule has 1 rings (SSSR count). The number of nitrogens with two attached hydrogens (primary N) is 1. The van der Waals surface area contributed by atoms with Crippen LogP contribution < -0.4 is 16.4 Å². The molecule has 0 fully saturated rings. The second-order valence-electron chi connectivity index (χ2n) is 5.77. The fourth-order valence-electron chi connectivity index (χ4n) is 1.63. The average Bonchev–Trinajstić information content (AvgIpc) is 2.63. The van der Waals surface area contributed by atoms with Gasteiger partial charge in [-0.3, -0.25) is 14.9 Å². The number of nitrogens with zero attached hydrogens (tertiary/aromatic N) is 2. The van der Waals surface area contributed by atoms with E-state index in [1.165, 1.54) is 6.20 Å². The van der Waals surface area contributed by atoms with Gasteiger partial charge in [0.25, 0.3) is 5.91 Å². The first-order valence-corrected chi connectivity index (χ1v) is 9.37. The number of rotatable bonds is 9. The van der Waals surface area contributed by atoms with Crippen LogP contribution >= 0.6 is 11.8 Å². The molecule has 0 spiro atoms. The first-order valence-electron chi connectivity index (χ1n) is 8.38. The Morgan fingerprint density at radius 1 is 1.25 bits per heavy atom.